The number of nitrogens with zero attached hydrogens (tertiary/aromatic N) is 4. The summed E-state index contributed by atoms with van der Waals surface area (Å²) in [6.45, 7) is 5.50. The zero-order valence-corrected chi connectivity index (χ0v) is 18.3. The Morgan fingerprint density at radius 1 is 1.14 bits per heavy atom. The van der Waals surface area contributed by atoms with E-state index in [1.807, 2.05) is 26.0 Å². The molecule has 0 aliphatic carbocycles. The van der Waals surface area contributed by atoms with Gasteiger partial charge in [-0.05, 0) is 68.3 Å². The van der Waals surface area contributed by atoms with Gasteiger partial charge in [0.15, 0.2) is 5.03 Å². The van der Waals surface area contributed by atoms with Gasteiger partial charge in [-0.1, -0.05) is 27.7 Å². The number of benzene rings is 2. The third-order valence-corrected chi connectivity index (χ3v) is 5.89. The third kappa shape index (κ3) is 4.72. The SMILES string of the molecule is Cc1cc(Br)cc(C)c1Sc1nc(Nc2ccc(C#N)cc2)nc(C)c1[N+](=O)[O-]. The van der Waals surface area contributed by atoms with Crippen LogP contribution in [-0.4, -0.2) is 14.9 Å². The molecule has 3 rings (SSSR count). The van der Waals surface area contributed by atoms with Crippen LogP contribution in [0.25, 0.3) is 0 Å². The molecular formula is C20H16BrN5O2S. The van der Waals surface area contributed by atoms with E-state index >= 15 is 0 Å². The van der Waals surface area contributed by atoms with Gasteiger partial charge in [0.1, 0.15) is 5.69 Å². The molecule has 0 aliphatic heterocycles. The molecule has 146 valence electrons. The van der Waals surface area contributed by atoms with E-state index in [2.05, 4.69) is 37.3 Å². The van der Waals surface area contributed by atoms with Gasteiger partial charge in [0.2, 0.25) is 5.95 Å². The van der Waals surface area contributed by atoms with Gasteiger partial charge in [0.25, 0.3) is 0 Å². The van der Waals surface area contributed by atoms with Gasteiger partial charge in [-0.15, -0.1) is 0 Å². The number of nitriles is 1. The number of aromatic nitrogens is 2. The smallest absolute Gasteiger partial charge is 0.322 e. The average molecular weight is 470 g/mol. The quantitative estimate of drug-likeness (QED) is 0.284. The lowest BCUT2D eigenvalue weighted by Crippen LogP contribution is -2.05. The zero-order valence-electron chi connectivity index (χ0n) is 15.9. The van der Waals surface area contributed by atoms with E-state index < -0.39 is 4.92 Å². The fourth-order valence-electron chi connectivity index (χ4n) is 2.79. The molecule has 7 nitrogen and oxygen atoms in total. The highest BCUT2D eigenvalue weighted by Crippen LogP contribution is 2.39. The summed E-state index contributed by atoms with van der Waals surface area (Å²) in [6, 6.07) is 12.8. The Labute approximate surface area is 180 Å². The molecule has 0 atom stereocenters. The lowest BCUT2D eigenvalue weighted by Gasteiger charge is -2.12. The predicted octanol–water partition coefficient (Wildman–Crippen LogP) is 5.84. The van der Waals surface area contributed by atoms with Crippen LogP contribution in [-0.2, 0) is 0 Å². The molecule has 0 aliphatic rings. The van der Waals surface area contributed by atoms with E-state index in [0.717, 1.165) is 20.5 Å². The van der Waals surface area contributed by atoms with Crippen LogP contribution >= 0.6 is 27.7 Å². The van der Waals surface area contributed by atoms with Crippen molar-refractivity contribution in [2.45, 2.75) is 30.7 Å². The number of halogens is 1. The summed E-state index contributed by atoms with van der Waals surface area (Å²) < 4.78 is 0.952. The van der Waals surface area contributed by atoms with Gasteiger partial charge in [0, 0.05) is 15.1 Å². The zero-order chi connectivity index (χ0) is 21.1. The second-order valence-electron chi connectivity index (χ2n) is 6.33. The van der Waals surface area contributed by atoms with Crippen LogP contribution in [0.15, 0.2) is 50.8 Å². The molecule has 0 amide bonds. The monoisotopic (exact) mass is 469 g/mol. The fraction of sp³-hybridized carbons (Fsp3) is 0.150. The number of anilines is 2. The predicted molar refractivity (Wildman–Crippen MR) is 116 cm³/mol. The molecule has 9 heteroatoms. The third-order valence-electron chi connectivity index (χ3n) is 4.10. The Morgan fingerprint density at radius 2 is 1.76 bits per heavy atom. The first-order valence-corrected chi connectivity index (χ1v) is 10.1. The maximum absolute atomic E-state index is 11.7. The largest absolute Gasteiger partial charge is 0.324 e. The Hall–Kier alpha value is -2.96. The Morgan fingerprint density at radius 3 is 2.31 bits per heavy atom. The number of nitrogens with one attached hydrogen (secondary N) is 1. The van der Waals surface area contributed by atoms with Crippen LogP contribution in [0, 0.1) is 42.2 Å². The first-order chi connectivity index (χ1) is 13.8. The summed E-state index contributed by atoms with van der Waals surface area (Å²) in [5.41, 5.74) is 3.37. The summed E-state index contributed by atoms with van der Waals surface area (Å²) in [7, 11) is 0. The van der Waals surface area contributed by atoms with Gasteiger partial charge < -0.3 is 5.32 Å². The summed E-state index contributed by atoms with van der Waals surface area (Å²) in [5, 5.41) is 23.9. The van der Waals surface area contributed by atoms with Crippen molar-refractivity contribution in [1.29, 1.82) is 5.26 Å². The molecule has 3 aromatic rings. The van der Waals surface area contributed by atoms with Crippen molar-refractivity contribution in [1.82, 2.24) is 9.97 Å². The second kappa shape index (κ2) is 8.59. The fourth-order valence-corrected chi connectivity index (χ4v) is 4.56. The van der Waals surface area contributed by atoms with Crippen molar-refractivity contribution in [2.24, 2.45) is 0 Å². The minimum absolute atomic E-state index is 0.109. The highest BCUT2D eigenvalue weighted by atomic mass is 79.9. The van der Waals surface area contributed by atoms with Gasteiger partial charge in [-0.3, -0.25) is 10.1 Å². The highest BCUT2D eigenvalue weighted by molar-refractivity contribution is 9.10. The summed E-state index contributed by atoms with van der Waals surface area (Å²) >= 11 is 4.72. The molecule has 0 unspecified atom stereocenters. The molecule has 2 aromatic carbocycles. The van der Waals surface area contributed by atoms with Gasteiger partial charge in [-0.25, -0.2) is 4.98 Å². The Kier molecular flexibility index (Phi) is 6.15. The van der Waals surface area contributed by atoms with E-state index in [1.54, 1.807) is 31.2 Å². The molecule has 0 fully saturated rings. The van der Waals surface area contributed by atoms with E-state index in [1.165, 1.54) is 11.8 Å². The number of hydrogen-bond donors (Lipinski definition) is 1. The van der Waals surface area contributed by atoms with Crippen LogP contribution in [0.4, 0.5) is 17.3 Å². The number of nitro groups is 1. The minimum atomic E-state index is -0.452. The number of aryl methyl sites for hydroxylation is 3. The molecule has 29 heavy (non-hydrogen) atoms. The standard InChI is InChI=1S/C20H16BrN5O2S/c1-11-8-15(21)9-12(2)18(11)29-19-17(26(27)28)13(3)23-20(25-19)24-16-6-4-14(10-22)5-7-16/h4-9H,1-3H3,(H,23,24,25). The van der Waals surface area contributed by atoms with E-state index in [-0.39, 0.29) is 22.4 Å². The average Bonchev–Trinajstić information content (AvgIpc) is 2.64. The van der Waals surface area contributed by atoms with Crippen molar-refractivity contribution in [3.63, 3.8) is 0 Å². The van der Waals surface area contributed by atoms with E-state index in [4.69, 9.17) is 5.26 Å². The van der Waals surface area contributed by atoms with Crippen molar-refractivity contribution in [3.05, 3.63) is 73.4 Å². The lowest BCUT2D eigenvalue weighted by atomic mass is 10.2. The first kappa shape index (κ1) is 20.8. The van der Waals surface area contributed by atoms with Crippen LogP contribution in [0.1, 0.15) is 22.4 Å². The van der Waals surface area contributed by atoms with Gasteiger partial charge >= 0.3 is 5.69 Å². The van der Waals surface area contributed by atoms with Crippen molar-refractivity contribution < 1.29 is 4.92 Å². The maximum Gasteiger partial charge on any atom is 0.322 e. The normalized spacial score (nSPS) is 10.4. The molecule has 0 saturated heterocycles. The maximum atomic E-state index is 11.7. The molecule has 1 N–H and O–H groups in total. The van der Waals surface area contributed by atoms with Crippen LogP contribution in [0.2, 0.25) is 0 Å². The Bertz CT molecular complexity index is 1120. The van der Waals surface area contributed by atoms with Gasteiger partial charge in [0.05, 0.1) is 16.6 Å². The van der Waals surface area contributed by atoms with Crippen molar-refractivity contribution in [3.8, 4) is 6.07 Å². The molecule has 0 radical (unpaired) electrons. The molecule has 1 heterocycles. The molecular weight excluding hydrogens is 454 g/mol. The summed E-state index contributed by atoms with van der Waals surface area (Å²) in [5.74, 6) is 0.257. The minimum Gasteiger partial charge on any atom is -0.324 e. The molecule has 1 aromatic heterocycles. The summed E-state index contributed by atoms with van der Waals surface area (Å²) in [6.07, 6.45) is 0. The van der Waals surface area contributed by atoms with Crippen LogP contribution in [0.5, 0.6) is 0 Å². The van der Waals surface area contributed by atoms with Gasteiger partial charge in [-0.2, -0.15) is 10.2 Å². The van der Waals surface area contributed by atoms with E-state index in [9.17, 15) is 10.1 Å². The Balaban J connectivity index is 2.03. The highest BCUT2D eigenvalue weighted by Gasteiger charge is 2.24. The van der Waals surface area contributed by atoms with Crippen LogP contribution < -0.4 is 5.32 Å². The van der Waals surface area contributed by atoms with Crippen molar-refractivity contribution in [2.75, 3.05) is 5.32 Å². The lowest BCUT2D eigenvalue weighted by molar-refractivity contribution is -0.389. The molecule has 0 spiro atoms. The molecule has 0 saturated carbocycles. The second-order valence-corrected chi connectivity index (χ2v) is 8.24. The van der Waals surface area contributed by atoms with Crippen LogP contribution in [0.3, 0.4) is 0 Å². The van der Waals surface area contributed by atoms with Crippen molar-refractivity contribution >= 4 is 45.0 Å². The summed E-state index contributed by atoms with van der Waals surface area (Å²) in [4.78, 5) is 20.8. The van der Waals surface area contributed by atoms with E-state index in [0.29, 0.717) is 11.3 Å². The molecule has 0 bridgehead atoms. The number of rotatable bonds is 5. The topological polar surface area (TPSA) is 105 Å². The first-order valence-electron chi connectivity index (χ1n) is 8.53. The number of hydrogen-bond acceptors (Lipinski definition) is 7.